The highest BCUT2D eigenvalue weighted by Crippen LogP contribution is 2.30. The third-order valence-electron chi connectivity index (χ3n) is 2.01. The monoisotopic (exact) mass is 252 g/mol. The van der Waals surface area contributed by atoms with E-state index >= 15 is 0 Å². The molecular formula is C8H8BF3O5. The Bertz CT molecular complexity index is 380. The molecule has 0 aliphatic carbocycles. The van der Waals surface area contributed by atoms with E-state index in [4.69, 9.17) is 10.5 Å². The summed E-state index contributed by atoms with van der Waals surface area (Å²) in [6, 6.07) is 2.39. The van der Waals surface area contributed by atoms with E-state index < -0.39 is 18.9 Å². The fourth-order valence-electron chi connectivity index (χ4n) is 1.22. The van der Waals surface area contributed by atoms with Crippen LogP contribution in [0.4, 0.5) is 13.2 Å². The Morgan fingerprint density at radius 1 is 1.18 bits per heavy atom. The average Bonchev–Trinajstić information content (AvgIpc) is 2.29. The van der Waals surface area contributed by atoms with E-state index in [1.807, 2.05) is 0 Å². The van der Waals surface area contributed by atoms with Gasteiger partial charge in [-0.15, -0.1) is 0 Å². The number of alkyl halides is 3. The zero-order valence-corrected chi connectivity index (χ0v) is 8.56. The molecule has 0 aromatic heterocycles. The summed E-state index contributed by atoms with van der Waals surface area (Å²) in [7, 11) is -0.516. The first-order chi connectivity index (χ1) is 7.93. The van der Waals surface area contributed by atoms with E-state index in [-0.39, 0.29) is 11.2 Å². The highest BCUT2D eigenvalue weighted by Gasteiger charge is 2.33. The second-order valence-electron chi connectivity index (χ2n) is 3.00. The zero-order valence-electron chi connectivity index (χ0n) is 8.56. The Kier molecular flexibility index (Phi) is 4.35. The molecule has 2 N–H and O–H groups in total. The Labute approximate surface area is 94.3 Å². The van der Waals surface area contributed by atoms with E-state index in [9.17, 15) is 13.2 Å². The first kappa shape index (κ1) is 13.8. The van der Waals surface area contributed by atoms with Crippen molar-refractivity contribution in [3.63, 3.8) is 0 Å². The van der Waals surface area contributed by atoms with Crippen molar-refractivity contribution in [3.05, 3.63) is 23.8 Å². The molecule has 0 heterocycles. The largest absolute Gasteiger partial charge is 0.557 e. The summed E-state index contributed by atoms with van der Waals surface area (Å²) in [6.45, 7) is 0. The predicted octanol–water partition coefficient (Wildman–Crippen LogP) is 1.39. The van der Waals surface area contributed by atoms with Crippen LogP contribution in [0.15, 0.2) is 18.2 Å². The molecule has 9 heteroatoms. The summed E-state index contributed by atoms with van der Waals surface area (Å²) in [6.07, 6.45) is -4.53. The first-order valence-electron chi connectivity index (χ1n) is 4.29. The fourth-order valence-corrected chi connectivity index (χ4v) is 1.22. The minimum Gasteiger partial charge on any atom is -0.497 e. The van der Waals surface area contributed by atoms with Gasteiger partial charge < -0.3 is 4.74 Å². The number of rotatable bonds is 4. The molecule has 0 aliphatic heterocycles. The van der Waals surface area contributed by atoms with Crippen LogP contribution >= 0.6 is 0 Å². The Morgan fingerprint density at radius 3 is 2.18 bits per heavy atom. The number of halogens is 3. The fraction of sp³-hybridized carbons (Fsp3) is 0.250. The van der Waals surface area contributed by atoms with Crippen LogP contribution in [-0.4, -0.2) is 24.7 Å². The summed E-state index contributed by atoms with van der Waals surface area (Å²) in [5.74, 6) is -0.243. The molecule has 0 saturated carbocycles. The first-order valence-corrected chi connectivity index (χ1v) is 4.29. The van der Waals surface area contributed by atoms with Crippen LogP contribution in [-0.2, 0) is 15.8 Å². The molecule has 94 valence electrons. The van der Waals surface area contributed by atoms with Crippen LogP contribution in [0.3, 0.4) is 0 Å². The van der Waals surface area contributed by atoms with Crippen molar-refractivity contribution in [1.82, 2.24) is 0 Å². The molecule has 17 heavy (non-hydrogen) atoms. The van der Waals surface area contributed by atoms with Gasteiger partial charge in [-0.1, -0.05) is 12.1 Å². The zero-order chi connectivity index (χ0) is 13.1. The average molecular weight is 252 g/mol. The molecule has 0 spiro atoms. The maximum Gasteiger partial charge on any atom is 0.557 e. The lowest BCUT2D eigenvalue weighted by Gasteiger charge is -2.13. The lowest BCUT2D eigenvalue weighted by molar-refractivity contribution is -0.221. The van der Waals surface area contributed by atoms with Crippen molar-refractivity contribution < 1.29 is 38.0 Å². The molecule has 0 fully saturated rings. The van der Waals surface area contributed by atoms with E-state index in [2.05, 4.69) is 14.3 Å². The quantitative estimate of drug-likeness (QED) is 0.481. The lowest BCUT2D eigenvalue weighted by atomic mass is 9.78. The summed E-state index contributed by atoms with van der Waals surface area (Å²) >= 11 is 0. The van der Waals surface area contributed by atoms with Gasteiger partial charge in [-0.25, -0.2) is 0 Å². The predicted molar refractivity (Wildman–Crippen MR) is 50.8 cm³/mol. The molecule has 0 amide bonds. The molecule has 1 aromatic carbocycles. The van der Waals surface area contributed by atoms with Gasteiger partial charge in [-0.05, 0) is 6.07 Å². The van der Waals surface area contributed by atoms with Crippen molar-refractivity contribution in [1.29, 1.82) is 0 Å². The number of methoxy groups -OCH3 is 1. The molecule has 1 aromatic rings. The summed E-state index contributed by atoms with van der Waals surface area (Å²) in [4.78, 5) is 7.44. The molecule has 1 rings (SSSR count). The van der Waals surface area contributed by atoms with Gasteiger partial charge in [-0.3, -0.25) is 20.1 Å². The third kappa shape index (κ3) is 3.10. The summed E-state index contributed by atoms with van der Waals surface area (Å²) in [5, 5.41) is 16.7. The van der Waals surface area contributed by atoms with E-state index in [0.29, 0.717) is 6.07 Å². The van der Waals surface area contributed by atoms with Crippen LogP contribution in [0.25, 0.3) is 0 Å². The molecule has 0 aliphatic rings. The SMILES string of the molecule is COc1cc(C(F)(F)F)ccc1B(OO)OO. The van der Waals surface area contributed by atoms with Crippen molar-refractivity contribution in [2.75, 3.05) is 7.11 Å². The number of hydrogen-bond donors (Lipinski definition) is 2. The van der Waals surface area contributed by atoms with Gasteiger partial charge in [0.25, 0.3) is 0 Å². The second-order valence-corrected chi connectivity index (χ2v) is 3.00. The van der Waals surface area contributed by atoms with Crippen molar-refractivity contribution in [2.24, 2.45) is 0 Å². The Hall–Kier alpha value is -1.29. The van der Waals surface area contributed by atoms with Gasteiger partial charge in [0.15, 0.2) is 0 Å². The van der Waals surface area contributed by atoms with Gasteiger partial charge in [0, 0.05) is 5.46 Å². The number of benzene rings is 1. The normalized spacial score (nSPS) is 11.4. The highest BCUT2D eigenvalue weighted by atomic mass is 19.4. The van der Waals surface area contributed by atoms with E-state index in [1.165, 1.54) is 0 Å². The highest BCUT2D eigenvalue weighted by molar-refractivity contribution is 6.61. The van der Waals surface area contributed by atoms with Gasteiger partial charge in [0.05, 0.1) is 12.7 Å². The minimum absolute atomic E-state index is 0.0921. The van der Waals surface area contributed by atoms with Crippen LogP contribution in [0, 0.1) is 0 Å². The molecule has 5 nitrogen and oxygen atoms in total. The number of ether oxygens (including phenoxy) is 1. The van der Waals surface area contributed by atoms with Crippen LogP contribution in [0.5, 0.6) is 5.75 Å². The molecular weight excluding hydrogens is 244 g/mol. The van der Waals surface area contributed by atoms with Gasteiger partial charge in [-0.2, -0.15) is 13.2 Å². The second kappa shape index (κ2) is 5.36. The lowest BCUT2D eigenvalue weighted by Crippen LogP contribution is -2.36. The topological polar surface area (TPSA) is 68.2 Å². The van der Waals surface area contributed by atoms with Crippen molar-refractivity contribution in [2.45, 2.75) is 6.18 Å². The Morgan fingerprint density at radius 2 is 1.76 bits per heavy atom. The summed E-state index contributed by atoms with van der Waals surface area (Å²) in [5.41, 5.74) is -1.03. The van der Waals surface area contributed by atoms with Crippen LogP contribution < -0.4 is 10.2 Å². The van der Waals surface area contributed by atoms with E-state index in [1.54, 1.807) is 0 Å². The maximum atomic E-state index is 12.4. The van der Waals surface area contributed by atoms with Crippen molar-refractivity contribution >= 4 is 12.6 Å². The smallest absolute Gasteiger partial charge is 0.497 e. The molecule has 0 atom stereocenters. The molecule has 0 bridgehead atoms. The van der Waals surface area contributed by atoms with E-state index in [0.717, 1.165) is 19.2 Å². The standard InChI is InChI=1S/C8H8BF3O5/c1-15-7-4-5(8(10,11)12)2-3-6(7)9(16-13)17-14/h2-4,13-14H,1H3. The van der Waals surface area contributed by atoms with Gasteiger partial charge >= 0.3 is 13.3 Å². The summed E-state index contributed by atoms with van der Waals surface area (Å²) < 4.78 is 41.8. The molecule has 0 unspecified atom stereocenters. The molecule has 0 saturated heterocycles. The minimum atomic E-state index is -4.53. The van der Waals surface area contributed by atoms with Gasteiger partial charge in [0.2, 0.25) is 0 Å². The van der Waals surface area contributed by atoms with Crippen LogP contribution in [0.2, 0.25) is 0 Å². The van der Waals surface area contributed by atoms with Crippen molar-refractivity contribution in [3.8, 4) is 5.75 Å². The molecule has 0 radical (unpaired) electrons. The maximum absolute atomic E-state index is 12.4. The van der Waals surface area contributed by atoms with Crippen LogP contribution in [0.1, 0.15) is 5.56 Å². The number of hydrogen-bond acceptors (Lipinski definition) is 5. The third-order valence-corrected chi connectivity index (χ3v) is 2.01. The Balaban J connectivity index is 3.18. The van der Waals surface area contributed by atoms with Gasteiger partial charge in [0.1, 0.15) is 5.75 Å².